The smallest absolute Gasteiger partial charge is 0.256 e. The lowest BCUT2D eigenvalue weighted by Gasteiger charge is -2.14. The van der Waals surface area contributed by atoms with Gasteiger partial charge in [0.15, 0.2) is 0 Å². The first kappa shape index (κ1) is 22.3. The van der Waals surface area contributed by atoms with Crippen molar-refractivity contribution >= 4 is 40.5 Å². The van der Waals surface area contributed by atoms with Crippen molar-refractivity contribution in [3.8, 4) is 0 Å². The first-order valence-electron chi connectivity index (χ1n) is 10.8. The third kappa shape index (κ3) is 4.96. The number of hydrogen-bond acceptors (Lipinski definition) is 4. The maximum absolute atomic E-state index is 12.8. The van der Waals surface area contributed by atoms with Crippen LogP contribution in [0.1, 0.15) is 27.0 Å². The summed E-state index contributed by atoms with van der Waals surface area (Å²) in [5.41, 5.74) is 6.58. The van der Waals surface area contributed by atoms with Gasteiger partial charge < -0.3 is 20.4 Å². The summed E-state index contributed by atoms with van der Waals surface area (Å²) in [7, 11) is 7.51. The quantitative estimate of drug-likeness (QED) is 0.546. The van der Waals surface area contributed by atoms with Crippen LogP contribution >= 0.6 is 0 Å². The van der Waals surface area contributed by atoms with E-state index in [9.17, 15) is 9.59 Å². The Hall–Kier alpha value is -3.90. The summed E-state index contributed by atoms with van der Waals surface area (Å²) in [5.74, 6) is -0.280. The average molecular weight is 441 g/mol. The maximum Gasteiger partial charge on any atom is 0.256 e. The van der Waals surface area contributed by atoms with Gasteiger partial charge in [0.2, 0.25) is 0 Å². The second-order valence-electron chi connectivity index (χ2n) is 8.62. The maximum atomic E-state index is 12.8. The summed E-state index contributed by atoms with van der Waals surface area (Å²) in [5, 5.41) is 6.38. The lowest BCUT2D eigenvalue weighted by Crippen LogP contribution is -2.21. The van der Waals surface area contributed by atoms with Gasteiger partial charge in [-0.25, -0.2) is 0 Å². The SMILES string of the molecule is CN(C)Cc1cccc(Nc2ccccc2/C=C2\C(=O)Nc3cc(C(=O)N(C)C)ccc32)c1. The van der Waals surface area contributed by atoms with Gasteiger partial charge in [0, 0.05) is 54.4 Å². The van der Waals surface area contributed by atoms with E-state index in [2.05, 4.69) is 27.7 Å². The van der Waals surface area contributed by atoms with Gasteiger partial charge in [-0.1, -0.05) is 36.4 Å². The molecule has 1 heterocycles. The van der Waals surface area contributed by atoms with Crippen LogP contribution < -0.4 is 10.6 Å². The zero-order valence-electron chi connectivity index (χ0n) is 19.3. The molecular formula is C27H28N4O2. The molecule has 0 radical (unpaired) electrons. The normalized spacial score (nSPS) is 13.7. The van der Waals surface area contributed by atoms with Crippen molar-refractivity contribution in [1.82, 2.24) is 9.80 Å². The first-order valence-corrected chi connectivity index (χ1v) is 10.8. The molecule has 0 atom stereocenters. The van der Waals surface area contributed by atoms with E-state index in [0.29, 0.717) is 16.8 Å². The van der Waals surface area contributed by atoms with Crippen molar-refractivity contribution < 1.29 is 9.59 Å². The monoisotopic (exact) mass is 440 g/mol. The number of rotatable bonds is 6. The van der Waals surface area contributed by atoms with Crippen molar-refractivity contribution in [2.75, 3.05) is 38.8 Å². The highest BCUT2D eigenvalue weighted by atomic mass is 16.2. The van der Waals surface area contributed by atoms with E-state index in [0.717, 1.165) is 29.0 Å². The molecule has 0 aromatic heterocycles. The van der Waals surface area contributed by atoms with E-state index in [1.165, 1.54) is 10.5 Å². The second kappa shape index (κ2) is 9.30. The standard InChI is InChI=1S/C27H28N4O2/c1-30(2)17-18-8-7-10-21(14-18)28-24-11-6-5-9-19(24)15-23-22-13-12-20(27(33)31(3)4)16-25(22)29-26(23)32/h5-16,28H,17H2,1-4H3,(H,29,32)/b23-15-. The molecule has 1 aliphatic rings. The molecule has 3 aromatic rings. The van der Waals surface area contributed by atoms with Crippen molar-refractivity contribution in [3.63, 3.8) is 0 Å². The predicted molar refractivity (Wildman–Crippen MR) is 135 cm³/mol. The summed E-state index contributed by atoms with van der Waals surface area (Å²) in [4.78, 5) is 28.7. The van der Waals surface area contributed by atoms with Crippen LogP contribution in [0.2, 0.25) is 0 Å². The molecule has 2 amide bonds. The average Bonchev–Trinajstić information content (AvgIpc) is 3.08. The van der Waals surface area contributed by atoms with Crippen LogP contribution in [-0.4, -0.2) is 49.8 Å². The molecule has 168 valence electrons. The molecule has 3 aromatic carbocycles. The molecule has 0 unspecified atom stereocenters. The second-order valence-corrected chi connectivity index (χ2v) is 8.62. The van der Waals surface area contributed by atoms with Crippen LogP contribution in [-0.2, 0) is 11.3 Å². The predicted octanol–water partition coefficient (Wildman–Crippen LogP) is 4.69. The molecule has 0 saturated heterocycles. The Kier molecular flexibility index (Phi) is 6.29. The number of carbonyl (C=O) groups is 2. The Morgan fingerprint density at radius 2 is 1.76 bits per heavy atom. The molecule has 0 spiro atoms. The van der Waals surface area contributed by atoms with Crippen LogP contribution in [0.5, 0.6) is 0 Å². The number of hydrogen-bond donors (Lipinski definition) is 2. The number of nitrogens with zero attached hydrogens (tertiary/aromatic N) is 2. The Labute approximate surface area is 194 Å². The van der Waals surface area contributed by atoms with Gasteiger partial charge in [-0.3, -0.25) is 9.59 Å². The van der Waals surface area contributed by atoms with Gasteiger partial charge in [-0.05, 0) is 61.6 Å². The van der Waals surface area contributed by atoms with Gasteiger partial charge in [-0.15, -0.1) is 0 Å². The molecule has 0 fully saturated rings. The van der Waals surface area contributed by atoms with Crippen LogP contribution in [0.3, 0.4) is 0 Å². The van der Waals surface area contributed by atoms with Gasteiger partial charge in [0.25, 0.3) is 11.8 Å². The van der Waals surface area contributed by atoms with Crippen LogP contribution in [0, 0.1) is 0 Å². The van der Waals surface area contributed by atoms with Gasteiger partial charge in [-0.2, -0.15) is 0 Å². The largest absolute Gasteiger partial charge is 0.355 e. The lowest BCUT2D eigenvalue weighted by molar-refractivity contribution is -0.110. The van der Waals surface area contributed by atoms with E-state index in [4.69, 9.17) is 0 Å². The van der Waals surface area contributed by atoms with E-state index in [1.54, 1.807) is 26.2 Å². The number of amides is 2. The molecule has 33 heavy (non-hydrogen) atoms. The van der Waals surface area contributed by atoms with Crippen LogP contribution in [0.25, 0.3) is 11.6 Å². The van der Waals surface area contributed by atoms with Crippen LogP contribution in [0.4, 0.5) is 17.1 Å². The molecule has 0 bridgehead atoms. The highest BCUT2D eigenvalue weighted by molar-refractivity contribution is 6.35. The minimum absolute atomic E-state index is 0.101. The fourth-order valence-corrected chi connectivity index (χ4v) is 3.89. The summed E-state index contributed by atoms with van der Waals surface area (Å²) >= 11 is 0. The summed E-state index contributed by atoms with van der Waals surface area (Å²) in [6, 6.07) is 21.5. The van der Waals surface area contributed by atoms with E-state index in [-0.39, 0.29) is 11.8 Å². The number of anilines is 3. The minimum atomic E-state index is -0.178. The molecule has 4 rings (SSSR count). The number of para-hydroxylation sites is 1. The summed E-state index contributed by atoms with van der Waals surface area (Å²) in [6.45, 7) is 0.858. The zero-order valence-corrected chi connectivity index (χ0v) is 19.3. The third-order valence-corrected chi connectivity index (χ3v) is 5.42. The molecule has 0 saturated carbocycles. The van der Waals surface area contributed by atoms with Crippen molar-refractivity contribution in [2.45, 2.75) is 6.54 Å². The van der Waals surface area contributed by atoms with Crippen molar-refractivity contribution in [3.05, 3.63) is 89.0 Å². The molecule has 0 aliphatic carbocycles. The summed E-state index contributed by atoms with van der Waals surface area (Å²) < 4.78 is 0. The lowest BCUT2D eigenvalue weighted by atomic mass is 10.0. The Morgan fingerprint density at radius 3 is 2.52 bits per heavy atom. The zero-order chi connectivity index (χ0) is 23.5. The third-order valence-electron chi connectivity index (χ3n) is 5.42. The topological polar surface area (TPSA) is 64.7 Å². The Morgan fingerprint density at radius 1 is 0.970 bits per heavy atom. The Balaban J connectivity index is 1.65. The molecule has 6 nitrogen and oxygen atoms in total. The van der Waals surface area contributed by atoms with Gasteiger partial charge in [0.05, 0.1) is 0 Å². The molecule has 2 N–H and O–H groups in total. The summed E-state index contributed by atoms with van der Waals surface area (Å²) in [6.07, 6.45) is 1.89. The highest BCUT2D eigenvalue weighted by Gasteiger charge is 2.25. The fraction of sp³-hybridized carbons (Fsp3) is 0.185. The van der Waals surface area contributed by atoms with E-state index < -0.39 is 0 Å². The molecule has 1 aliphatic heterocycles. The van der Waals surface area contributed by atoms with Gasteiger partial charge in [0.1, 0.15) is 0 Å². The molecular weight excluding hydrogens is 412 g/mol. The van der Waals surface area contributed by atoms with Crippen molar-refractivity contribution in [1.29, 1.82) is 0 Å². The number of fused-ring (bicyclic) bond motifs is 1. The number of carbonyl (C=O) groups excluding carboxylic acids is 2. The van der Waals surface area contributed by atoms with E-state index >= 15 is 0 Å². The number of benzene rings is 3. The number of nitrogens with one attached hydrogen (secondary N) is 2. The van der Waals surface area contributed by atoms with Crippen LogP contribution in [0.15, 0.2) is 66.7 Å². The van der Waals surface area contributed by atoms with Gasteiger partial charge >= 0.3 is 0 Å². The first-order chi connectivity index (χ1) is 15.8. The van der Waals surface area contributed by atoms with E-state index in [1.807, 2.05) is 62.6 Å². The van der Waals surface area contributed by atoms with Crippen molar-refractivity contribution in [2.24, 2.45) is 0 Å². The fourth-order valence-electron chi connectivity index (χ4n) is 3.89. The highest BCUT2D eigenvalue weighted by Crippen LogP contribution is 2.35. The Bertz CT molecular complexity index is 1240. The minimum Gasteiger partial charge on any atom is -0.355 e. The molecule has 6 heteroatoms.